The Kier molecular flexibility index (Phi) is 4.79. The van der Waals surface area contributed by atoms with Crippen LogP contribution in [0.2, 0.25) is 0 Å². The highest BCUT2D eigenvalue weighted by molar-refractivity contribution is 6.20. The lowest BCUT2D eigenvalue weighted by atomic mass is 9.64. The zero-order valence-electron chi connectivity index (χ0n) is 19.0. The quantitative estimate of drug-likeness (QED) is 0.636. The van der Waals surface area contributed by atoms with E-state index >= 15 is 0 Å². The first-order chi connectivity index (χ1) is 16.2. The minimum Gasteiger partial charge on any atom is -0.381 e. The molecule has 6 nitrogen and oxygen atoms in total. The van der Waals surface area contributed by atoms with Gasteiger partial charge in [-0.05, 0) is 54.7 Å². The van der Waals surface area contributed by atoms with Gasteiger partial charge in [-0.15, -0.1) is 0 Å². The van der Waals surface area contributed by atoms with E-state index < -0.39 is 0 Å². The molecule has 6 rings (SSSR count). The lowest BCUT2D eigenvalue weighted by molar-refractivity contribution is 0.0602. The number of carbonyl (C=O) groups is 1. The number of piperazine rings is 1. The second kappa shape index (κ2) is 7.72. The number of aryl methyl sites for hydroxylation is 1. The largest absolute Gasteiger partial charge is 0.381 e. The second-order valence-electron chi connectivity index (χ2n) is 9.39. The Morgan fingerprint density at radius 2 is 1.94 bits per heavy atom. The standard InChI is InChI=1S/C27H28N4O2/c1-2-18-14-20-21(15-23(18)31-9-7-29-8-10-31)27(5-11-33-12-6-27)26-24(25(20)32)19-4-3-17(16-28)13-22(19)30-26/h3-4,13-15,29-30H,2,5-12H2,1H3. The predicted octanol–water partition coefficient (Wildman–Crippen LogP) is 3.65. The minimum absolute atomic E-state index is 0.0923. The van der Waals surface area contributed by atoms with E-state index in [-0.39, 0.29) is 11.2 Å². The van der Waals surface area contributed by atoms with Crippen LogP contribution in [-0.4, -0.2) is 50.2 Å². The fourth-order valence-corrected chi connectivity index (χ4v) is 6.07. The number of ketones is 1. The fourth-order valence-electron chi connectivity index (χ4n) is 6.07. The van der Waals surface area contributed by atoms with Gasteiger partial charge in [0, 0.05) is 72.7 Å². The number of hydrogen-bond acceptors (Lipinski definition) is 5. The molecule has 0 atom stereocenters. The number of nitriles is 1. The highest BCUT2D eigenvalue weighted by atomic mass is 16.5. The summed E-state index contributed by atoms with van der Waals surface area (Å²) in [6, 6.07) is 12.3. The van der Waals surface area contributed by atoms with Crippen molar-refractivity contribution in [3.8, 4) is 6.07 Å². The van der Waals surface area contributed by atoms with E-state index in [1.165, 1.54) is 11.3 Å². The average molecular weight is 441 g/mol. The van der Waals surface area contributed by atoms with Gasteiger partial charge in [0.05, 0.1) is 17.2 Å². The van der Waals surface area contributed by atoms with Gasteiger partial charge in [0.15, 0.2) is 5.78 Å². The maximum absolute atomic E-state index is 14.0. The van der Waals surface area contributed by atoms with Crippen molar-refractivity contribution in [2.24, 2.45) is 0 Å². The first-order valence-corrected chi connectivity index (χ1v) is 12.0. The summed E-state index contributed by atoms with van der Waals surface area (Å²) in [7, 11) is 0. The zero-order valence-corrected chi connectivity index (χ0v) is 19.0. The Labute approximate surface area is 193 Å². The maximum atomic E-state index is 14.0. The van der Waals surface area contributed by atoms with E-state index in [1.54, 1.807) is 6.07 Å². The summed E-state index contributed by atoms with van der Waals surface area (Å²) in [5, 5.41) is 13.7. The minimum atomic E-state index is -0.280. The van der Waals surface area contributed by atoms with Gasteiger partial charge in [0.2, 0.25) is 0 Å². The molecule has 0 radical (unpaired) electrons. The number of anilines is 1. The van der Waals surface area contributed by atoms with Crippen LogP contribution in [0.15, 0.2) is 30.3 Å². The van der Waals surface area contributed by atoms with Crippen molar-refractivity contribution in [2.45, 2.75) is 31.6 Å². The molecule has 168 valence electrons. The van der Waals surface area contributed by atoms with Crippen LogP contribution in [0.5, 0.6) is 0 Å². The van der Waals surface area contributed by atoms with E-state index in [0.717, 1.165) is 78.7 Å². The normalized spacial score (nSPS) is 19.4. The smallest absolute Gasteiger partial charge is 0.195 e. The average Bonchev–Trinajstić information content (AvgIpc) is 3.27. The lowest BCUT2D eigenvalue weighted by Gasteiger charge is -2.42. The van der Waals surface area contributed by atoms with Gasteiger partial charge in [-0.1, -0.05) is 13.0 Å². The SMILES string of the molecule is CCc1cc2c(cc1N1CCNCC1)C1(CCOCC1)c1[nH]c3cc(C#N)ccc3c1C2=O. The molecule has 2 N–H and O–H groups in total. The van der Waals surface area contributed by atoms with Crippen molar-refractivity contribution in [3.63, 3.8) is 0 Å². The number of fused-ring (bicyclic) bond motifs is 6. The van der Waals surface area contributed by atoms with Gasteiger partial charge < -0.3 is 19.9 Å². The molecule has 2 aromatic carbocycles. The highest BCUT2D eigenvalue weighted by Gasteiger charge is 2.47. The van der Waals surface area contributed by atoms with Crippen LogP contribution in [0.1, 0.15) is 58.1 Å². The molecule has 6 heteroatoms. The summed E-state index contributed by atoms with van der Waals surface area (Å²) in [5.41, 5.74) is 7.45. The van der Waals surface area contributed by atoms with Crippen molar-refractivity contribution in [1.29, 1.82) is 5.26 Å². The third kappa shape index (κ3) is 2.96. The first-order valence-electron chi connectivity index (χ1n) is 12.0. The molecule has 2 fully saturated rings. The number of benzene rings is 2. The Balaban J connectivity index is 1.62. The molecule has 3 heterocycles. The Morgan fingerprint density at radius 1 is 1.15 bits per heavy atom. The molecule has 33 heavy (non-hydrogen) atoms. The monoisotopic (exact) mass is 440 g/mol. The molecule has 0 amide bonds. The van der Waals surface area contributed by atoms with Crippen LogP contribution in [0, 0.1) is 11.3 Å². The number of aromatic nitrogens is 1. The van der Waals surface area contributed by atoms with Gasteiger partial charge in [0.1, 0.15) is 0 Å². The van der Waals surface area contributed by atoms with Crippen LogP contribution < -0.4 is 10.2 Å². The number of nitrogens with zero attached hydrogens (tertiary/aromatic N) is 2. The van der Waals surface area contributed by atoms with Gasteiger partial charge in [-0.25, -0.2) is 0 Å². The van der Waals surface area contributed by atoms with E-state index in [4.69, 9.17) is 4.74 Å². The van der Waals surface area contributed by atoms with Crippen molar-refractivity contribution in [3.05, 3.63) is 63.8 Å². The molecule has 3 aromatic rings. The summed E-state index contributed by atoms with van der Waals surface area (Å²) in [6.45, 7) is 7.42. The first kappa shape index (κ1) is 20.5. The molecular weight excluding hydrogens is 412 g/mol. The summed E-state index contributed by atoms with van der Waals surface area (Å²) in [6.07, 6.45) is 2.57. The van der Waals surface area contributed by atoms with Gasteiger partial charge in [-0.3, -0.25) is 4.79 Å². The van der Waals surface area contributed by atoms with Crippen LogP contribution in [0.3, 0.4) is 0 Å². The van der Waals surface area contributed by atoms with Crippen molar-refractivity contribution in [1.82, 2.24) is 10.3 Å². The molecule has 2 saturated heterocycles. The summed E-state index contributed by atoms with van der Waals surface area (Å²) >= 11 is 0. The van der Waals surface area contributed by atoms with Crippen molar-refractivity contribution >= 4 is 22.4 Å². The summed E-state index contributed by atoms with van der Waals surface area (Å²) in [5.74, 6) is 0.0923. The molecule has 0 unspecified atom stereocenters. The number of ether oxygens (including phenoxy) is 1. The second-order valence-corrected chi connectivity index (χ2v) is 9.39. The predicted molar refractivity (Wildman–Crippen MR) is 128 cm³/mol. The van der Waals surface area contributed by atoms with Gasteiger partial charge >= 0.3 is 0 Å². The Bertz CT molecular complexity index is 1300. The molecule has 2 aliphatic heterocycles. The third-order valence-corrected chi connectivity index (χ3v) is 7.80. The molecule has 0 saturated carbocycles. The fraction of sp³-hybridized carbons (Fsp3) is 0.407. The number of H-pyrrole nitrogens is 1. The Morgan fingerprint density at radius 3 is 2.67 bits per heavy atom. The number of aromatic amines is 1. The van der Waals surface area contributed by atoms with E-state index in [1.807, 2.05) is 12.1 Å². The van der Waals surface area contributed by atoms with E-state index in [0.29, 0.717) is 18.8 Å². The molecule has 1 spiro atoms. The maximum Gasteiger partial charge on any atom is 0.195 e. The van der Waals surface area contributed by atoms with Gasteiger partial charge in [0.25, 0.3) is 0 Å². The van der Waals surface area contributed by atoms with Crippen LogP contribution >= 0.6 is 0 Å². The number of nitrogens with one attached hydrogen (secondary N) is 2. The number of rotatable bonds is 2. The Hall–Kier alpha value is -3.14. The summed E-state index contributed by atoms with van der Waals surface area (Å²) in [4.78, 5) is 20.0. The molecule has 0 bridgehead atoms. The van der Waals surface area contributed by atoms with E-state index in [2.05, 4.69) is 40.3 Å². The lowest BCUT2D eigenvalue weighted by Crippen LogP contribution is -2.45. The van der Waals surface area contributed by atoms with Gasteiger partial charge in [-0.2, -0.15) is 5.26 Å². The van der Waals surface area contributed by atoms with Crippen molar-refractivity contribution < 1.29 is 9.53 Å². The molecule has 1 aromatic heterocycles. The van der Waals surface area contributed by atoms with E-state index in [9.17, 15) is 10.1 Å². The van der Waals surface area contributed by atoms with Crippen LogP contribution in [0.4, 0.5) is 5.69 Å². The summed E-state index contributed by atoms with van der Waals surface area (Å²) < 4.78 is 5.80. The van der Waals surface area contributed by atoms with Crippen LogP contribution in [0.25, 0.3) is 10.9 Å². The molecular formula is C27H28N4O2. The van der Waals surface area contributed by atoms with Crippen molar-refractivity contribution in [2.75, 3.05) is 44.3 Å². The van der Waals surface area contributed by atoms with Crippen LogP contribution in [-0.2, 0) is 16.6 Å². The highest BCUT2D eigenvalue weighted by Crippen LogP contribution is 2.50. The third-order valence-electron chi connectivity index (χ3n) is 7.80. The topological polar surface area (TPSA) is 81.2 Å². The molecule has 1 aliphatic carbocycles. The number of carbonyl (C=O) groups excluding carboxylic acids is 1. The number of hydrogen-bond donors (Lipinski definition) is 2. The zero-order chi connectivity index (χ0) is 22.6. The molecule has 3 aliphatic rings.